The molecule has 2 aromatic carbocycles. The van der Waals surface area contributed by atoms with Crippen LogP contribution in [0.1, 0.15) is 30.1 Å². The molecule has 1 aliphatic rings. The van der Waals surface area contributed by atoms with E-state index in [1.807, 2.05) is 43.3 Å². The molecule has 2 heteroatoms. The minimum Gasteiger partial charge on any atom is -0.367 e. The Balaban J connectivity index is 2.01. The first-order chi connectivity index (χ1) is 8.69. The molecule has 1 heterocycles. The van der Waals surface area contributed by atoms with E-state index in [0.29, 0.717) is 6.61 Å². The summed E-state index contributed by atoms with van der Waals surface area (Å²) >= 11 is 0. The predicted octanol–water partition coefficient (Wildman–Crippen LogP) is 3.59. The van der Waals surface area contributed by atoms with E-state index >= 15 is 0 Å². The highest BCUT2D eigenvalue weighted by molar-refractivity contribution is 6.04. The second-order valence-corrected chi connectivity index (χ2v) is 5.07. The van der Waals surface area contributed by atoms with Gasteiger partial charge in [-0.2, -0.15) is 0 Å². The number of hydrogen-bond acceptors (Lipinski definition) is 2. The van der Waals surface area contributed by atoms with E-state index in [0.717, 1.165) is 29.2 Å². The smallest absolute Gasteiger partial charge is 0.194 e. The summed E-state index contributed by atoms with van der Waals surface area (Å²) in [5.74, 6) is 0.103. The Labute approximate surface area is 107 Å². The average Bonchev–Trinajstić information content (AvgIpc) is 2.85. The number of carbonyl (C=O) groups is 1. The molecule has 92 valence electrons. The molecule has 1 fully saturated rings. The Morgan fingerprint density at radius 3 is 2.67 bits per heavy atom. The van der Waals surface area contributed by atoms with Crippen LogP contribution >= 0.6 is 0 Å². The molecule has 1 saturated heterocycles. The third-order valence-corrected chi connectivity index (χ3v) is 3.71. The summed E-state index contributed by atoms with van der Waals surface area (Å²) < 4.78 is 5.62. The van der Waals surface area contributed by atoms with Gasteiger partial charge in [-0.05, 0) is 36.6 Å². The van der Waals surface area contributed by atoms with Crippen LogP contribution in [0.4, 0.5) is 0 Å². The fraction of sp³-hybridized carbons (Fsp3) is 0.312. The van der Waals surface area contributed by atoms with E-state index in [1.54, 1.807) is 0 Å². The summed E-state index contributed by atoms with van der Waals surface area (Å²) in [4.78, 5) is 12.5. The fourth-order valence-electron chi connectivity index (χ4n) is 2.59. The standard InChI is InChI=1S/C16H16O2/c1-16(9-4-10-18-16)15(17)14-8-7-12-5-2-3-6-13(12)11-14/h2-3,5-8,11H,4,9-10H2,1H3. The Kier molecular flexibility index (Phi) is 2.67. The van der Waals surface area contributed by atoms with Crippen molar-refractivity contribution in [3.63, 3.8) is 0 Å². The van der Waals surface area contributed by atoms with E-state index in [4.69, 9.17) is 4.74 Å². The summed E-state index contributed by atoms with van der Waals surface area (Å²) in [7, 11) is 0. The van der Waals surface area contributed by atoms with Crippen molar-refractivity contribution in [1.82, 2.24) is 0 Å². The summed E-state index contributed by atoms with van der Waals surface area (Å²) in [6.07, 6.45) is 1.79. The normalized spacial score (nSPS) is 23.4. The molecule has 0 aliphatic carbocycles. The van der Waals surface area contributed by atoms with Gasteiger partial charge in [0.2, 0.25) is 0 Å². The number of ketones is 1. The molecule has 0 spiro atoms. The molecular formula is C16H16O2. The van der Waals surface area contributed by atoms with Gasteiger partial charge in [0, 0.05) is 12.2 Å². The lowest BCUT2D eigenvalue weighted by Gasteiger charge is -2.21. The molecule has 0 N–H and O–H groups in total. The van der Waals surface area contributed by atoms with Crippen LogP contribution in [-0.4, -0.2) is 18.0 Å². The van der Waals surface area contributed by atoms with Gasteiger partial charge in [-0.25, -0.2) is 0 Å². The Hall–Kier alpha value is -1.67. The summed E-state index contributed by atoms with van der Waals surface area (Å²) in [5.41, 5.74) is 0.126. The van der Waals surface area contributed by atoms with Crippen molar-refractivity contribution in [3.8, 4) is 0 Å². The van der Waals surface area contributed by atoms with Crippen LogP contribution < -0.4 is 0 Å². The van der Waals surface area contributed by atoms with Gasteiger partial charge in [0.1, 0.15) is 5.60 Å². The first-order valence-electron chi connectivity index (χ1n) is 6.37. The first-order valence-corrected chi connectivity index (χ1v) is 6.37. The maximum atomic E-state index is 12.5. The second kappa shape index (κ2) is 4.21. The van der Waals surface area contributed by atoms with Gasteiger partial charge in [-0.1, -0.05) is 36.4 Å². The topological polar surface area (TPSA) is 26.3 Å². The number of hydrogen-bond donors (Lipinski definition) is 0. The number of fused-ring (bicyclic) bond motifs is 1. The third kappa shape index (κ3) is 1.83. The highest BCUT2D eigenvalue weighted by Crippen LogP contribution is 2.29. The average molecular weight is 240 g/mol. The zero-order valence-electron chi connectivity index (χ0n) is 10.5. The lowest BCUT2D eigenvalue weighted by molar-refractivity contribution is 0.0213. The third-order valence-electron chi connectivity index (χ3n) is 3.71. The number of carbonyl (C=O) groups excluding carboxylic acids is 1. The quantitative estimate of drug-likeness (QED) is 0.750. The van der Waals surface area contributed by atoms with Crippen molar-refractivity contribution in [2.75, 3.05) is 6.61 Å². The molecule has 2 aromatic rings. The van der Waals surface area contributed by atoms with E-state index in [9.17, 15) is 4.79 Å². The highest BCUT2D eigenvalue weighted by atomic mass is 16.5. The van der Waals surface area contributed by atoms with Crippen molar-refractivity contribution in [3.05, 3.63) is 48.0 Å². The molecule has 0 radical (unpaired) electrons. The highest BCUT2D eigenvalue weighted by Gasteiger charge is 2.38. The molecule has 0 amide bonds. The maximum Gasteiger partial charge on any atom is 0.194 e. The van der Waals surface area contributed by atoms with E-state index in [-0.39, 0.29) is 5.78 Å². The number of rotatable bonds is 2. The molecule has 1 atom stereocenters. The van der Waals surface area contributed by atoms with Crippen LogP contribution in [0.15, 0.2) is 42.5 Å². The lowest BCUT2D eigenvalue weighted by Crippen LogP contribution is -2.34. The molecule has 18 heavy (non-hydrogen) atoms. The molecular weight excluding hydrogens is 224 g/mol. The minimum atomic E-state index is -0.623. The fourth-order valence-corrected chi connectivity index (χ4v) is 2.59. The largest absolute Gasteiger partial charge is 0.367 e. The van der Waals surface area contributed by atoms with Crippen LogP contribution in [0.25, 0.3) is 10.8 Å². The van der Waals surface area contributed by atoms with Gasteiger partial charge in [0.25, 0.3) is 0 Å². The first kappa shape index (κ1) is 11.4. The molecule has 3 rings (SSSR count). The Morgan fingerprint density at radius 2 is 1.94 bits per heavy atom. The van der Waals surface area contributed by atoms with Crippen LogP contribution in [0, 0.1) is 0 Å². The SMILES string of the molecule is CC1(C(=O)c2ccc3ccccc3c2)CCCO1. The van der Waals surface area contributed by atoms with Crippen molar-refractivity contribution < 1.29 is 9.53 Å². The van der Waals surface area contributed by atoms with E-state index < -0.39 is 5.60 Å². The molecule has 0 saturated carbocycles. The van der Waals surface area contributed by atoms with Crippen LogP contribution in [0.2, 0.25) is 0 Å². The second-order valence-electron chi connectivity index (χ2n) is 5.07. The van der Waals surface area contributed by atoms with Crippen molar-refractivity contribution in [2.45, 2.75) is 25.4 Å². The Morgan fingerprint density at radius 1 is 1.17 bits per heavy atom. The zero-order chi connectivity index (χ0) is 12.6. The van der Waals surface area contributed by atoms with Crippen LogP contribution in [0.5, 0.6) is 0 Å². The molecule has 2 nitrogen and oxygen atoms in total. The number of ether oxygens (including phenoxy) is 1. The van der Waals surface area contributed by atoms with Gasteiger partial charge in [0.05, 0.1) is 0 Å². The summed E-state index contributed by atoms with van der Waals surface area (Å²) in [5, 5.41) is 2.26. The van der Waals surface area contributed by atoms with Crippen molar-refractivity contribution in [1.29, 1.82) is 0 Å². The van der Waals surface area contributed by atoms with Crippen LogP contribution in [-0.2, 0) is 4.74 Å². The van der Waals surface area contributed by atoms with Crippen LogP contribution in [0.3, 0.4) is 0 Å². The minimum absolute atomic E-state index is 0.103. The van der Waals surface area contributed by atoms with Gasteiger partial charge < -0.3 is 4.74 Å². The zero-order valence-corrected chi connectivity index (χ0v) is 10.5. The summed E-state index contributed by atoms with van der Waals surface area (Å²) in [6, 6.07) is 13.9. The van der Waals surface area contributed by atoms with E-state index in [2.05, 4.69) is 6.07 Å². The van der Waals surface area contributed by atoms with E-state index in [1.165, 1.54) is 0 Å². The van der Waals surface area contributed by atoms with Gasteiger partial charge in [0.15, 0.2) is 5.78 Å². The van der Waals surface area contributed by atoms with Gasteiger partial charge in [-0.3, -0.25) is 4.79 Å². The maximum absolute atomic E-state index is 12.5. The lowest BCUT2D eigenvalue weighted by atomic mass is 9.91. The van der Waals surface area contributed by atoms with Crippen molar-refractivity contribution in [2.24, 2.45) is 0 Å². The van der Waals surface area contributed by atoms with Gasteiger partial charge in [-0.15, -0.1) is 0 Å². The molecule has 0 bridgehead atoms. The van der Waals surface area contributed by atoms with Crippen molar-refractivity contribution >= 4 is 16.6 Å². The molecule has 0 aromatic heterocycles. The number of Topliss-reactive ketones (excluding diaryl/α,β-unsaturated/α-hetero) is 1. The summed E-state index contributed by atoms with van der Waals surface area (Å²) in [6.45, 7) is 2.59. The predicted molar refractivity (Wildman–Crippen MR) is 71.9 cm³/mol. The Bertz CT molecular complexity index is 595. The molecule has 1 aliphatic heterocycles. The van der Waals surface area contributed by atoms with Gasteiger partial charge >= 0.3 is 0 Å². The molecule has 1 unspecified atom stereocenters. The monoisotopic (exact) mass is 240 g/mol. The number of benzene rings is 2.